The summed E-state index contributed by atoms with van der Waals surface area (Å²) in [5.74, 6) is -1.71. The number of ether oxygens (including phenoxy) is 2. The van der Waals surface area contributed by atoms with Crippen LogP contribution in [0, 0.1) is 10.1 Å². The number of methoxy groups -OCH3 is 2. The van der Waals surface area contributed by atoms with Crippen LogP contribution in [0.2, 0.25) is 0 Å². The number of nitrogen functional groups attached to an aromatic ring is 1. The van der Waals surface area contributed by atoms with Gasteiger partial charge in [-0.3, -0.25) is 24.5 Å². The fourth-order valence-electron chi connectivity index (χ4n) is 7.51. The number of nitro benzene ring substituents is 1. The maximum atomic E-state index is 13.3. The molecule has 2 atom stereocenters. The number of hydrogen-bond donors (Lipinski definition) is 4. The van der Waals surface area contributed by atoms with Crippen molar-refractivity contribution in [2.24, 2.45) is 5.73 Å². The molecule has 0 heterocycles. The third-order valence-electron chi connectivity index (χ3n) is 10.7. The molecule has 310 valence electrons. The Hall–Kier alpha value is -5.79. The Bertz CT molecular complexity index is 1930. The van der Waals surface area contributed by atoms with Crippen LogP contribution in [0.25, 0.3) is 0 Å². The van der Waals surface area contributed by atoms with Crippen molar-refractivity contribution in [2.75, 3.05) is 20.0 Å². The molecule has 4 aromatic rings. The van der Waals surface area contributed by atoms with Gasteiger partial charge >= 0.3 is 17.9 Å². The van der Waals surface area contributed by atoms with E-state index in [9.17, 15) is 34.4 Å². The molecule has 6 N–H and O–H groups in total. The van der Waals surface area contributed by atoms with Gasteiger partial charge in [0.1, 0.15) is 12.1 Å². The number of halogens is 1. The van der Waals surface area contributed by atoms with E-state index in [2.05, 4.69) is 10.1 Å². The number of non-ortho nitro benzene ring substituents is 1. The highest BCUT2D eigenvalue weighted by Crippen LogP contribution is 2.42. The Morgan fingerprint density at radius 3 is 1.59 bits per heavy atom. The van der Waals surface area contributed by atoms with E-state index in [-0.39, 0.29) is 24.0 Å². The quantitative estimate of drug-likeness (QED) is 0.0516. The zero-order valence-corrected chi connectivity index (χ0v) is 33.7. The Morgan fingerprint density at radius 1 is 0.707 bits per heavy atom. The molecule has 2 fully saturated rings. The summed E-state index contributed by atoms with van der Waals surface area (Å²) in [7, 11) is 2.60. The molecule has 0 aliphatic heterocycles. The number of carboxylic acids is 1. The molecule has 14 heteroatoms. The van der Waals surface area contributed by atoms with Crippen molar-refractivity contribution in [1.82, 2.24) is 5.32 Å². The Morgan fingerprint density at radius 2 is 1.14 bits per heavy atom. The van der Waals surface area contributed by atoms with E-state index < -0.39 is 45.7 Å². The molecule has 2 saturated carbocycles. The lowest BCUT2D eigenvalue weighted by Gasteiger charge is -2.30. The van der Waals surface area contributed by atoms with E-state index in [0.29, 0.717) is 18.5 Å². The van der Waals surface area contributed by atoms with E-state index in [0.717, 1.165) is 73.6 Å². The molecule has 1 amide bonds. The summed E-state index contributed by atoms with van der Waals surface area (Å²) in [6, 6.07) is 31.2. The monoisotopic (exact) mass is 816 g/mol. The van der Waals surface area contributed by atoms with Gasteiger partial charge in [-0.2, -0.15) is 0 Å². The third kappa shape index (κ3) is 12.1. The van der Waals surface area contributed by atoms with Gasteiger partial charge in [-0.15, -0.1) is 12.4 Å². The highest BCUT2D eigenvalue weighted by molar-refractivity contribution is 5.92. The number of rotatable bonds is 12. The Kier molecular flexibility index (Phi) is 17.9. The predicted molar refractivity (Wildman–Crippen MR) is 223 cm³/mol. The fraction of sp³-hybridized carbons (Fsp3) is 0.364. The number of carbonyl (C=O) groups is 4. The van der Waals surface area contributed by atoms with Gasteiger partial charge < -0.3 is 31.4 Å². The van der Waals surface area contributed by atoms with Crippen molar-refractivity contribution in [3.05, 3.63) is 142 Å². The topological polar surface area (TPSA) is 214 Å². The molecule has 0 aromatic heterocycles. The summed E-state index contributed by atoms with van der Waals surface area (Å²) < 4.78 is 9.41. The molecular formula is C44H53ClN4O9. The molecule has 1 unspecified atom stereocenters. The Balaban J connectivity index is 0.000000249. The smallest absolute Gasteiger partial charge is 0.328 e. The van der Waals surface area contributed by atoms with Crippen LogP contribution in [0.4, 0.5) is 11.4 Å². The highest BCUT2D eigenvalue weighted by atomic mass is 35.5. The number of hydrogen-bond acceptors (Lipinski definition) is 10. The number of nitrogens with one attached hydrogen (secondary N) is 1. The molecule has 2 aliphatic rings. The van der Waals surface area contributed by atoms with Gasteiger partial charge in [0.25, 0.3) is 5.69 Å². The highest BCUT2D eigenvalue weighted by Gasteiger charge is 2.44. The maximum absolute atomic E-state index is 13.3. The van der Waals surface area contributed by atoms with Crippen LogP contribution in [0.1, 0.15) is 73.6 Å². The lowest BCUT2D eigenvalue weighted by molar-refractivity contribution is -0.384. The van der Waals surface area contributed by atoms with Gasteiger partial charge in [-0.05, 0) is 66.5 Å². The molecule has 0 spiro atoms. The number of benzene rings is 4. The second kappa shape index (κ2) is 22.2. The van der Waals surface area contributed by atoms with Crippen molar-refractivity contribution >= 4 is 47.6 Å². The zero-order chi connectivity index (χ0) is 41.4. The Labute approximate surface area is 345 Å². The normalized spacial score (nSPS) is 15.6. The van der Waals surface area contributed by atoms with Crippen molar-refractivity contribution < 1.29 is 38.7 Å². The summed E-state index contributed by atoms with van der Waals surface area (Å²) >= 11 is 0. The number of esters is 2. The minimum absolute atomic E-state index is 0. The summed E-state index contributed by atoms with van der Waals surface area (Å²) in [6.07, 6.45) is 7.87. The number of nitrogens with zero attached hydrogens (tertiary/aromatic N) is 1. The lowest BCUT2D eigenvalue weighted by atomic mass is 9.77. The van der Waals surface area contributed by atoms with E-state index in [1.807, 2.05) is 72.8 Å². The van der Waals surface area contributed by atoms with Gasteiger partial charge in [-0.25, -0.2) is 4.79 Å². The van der Waals surface area contributed by atoms with Gasteiger partial charge in [0, 0.05) is 24.2 Å². The van der Waals surface area contributed by atoms with E-state index in [4.69, 9.17) is 16.2 Å². The zero-order valence-electron chi connectivity index (χ0n) is 32.8. The van der Waals surface area contributed by atoms with Gasteiger partial charge in [-0.1, -0.05) is 111 Å². The molecule has 0 saturated heterocycles. The van der Waals surface area contributed by atoms with Gasteiger partial charge in [0.05, 0.1) is 30.0 Å². The van der Waals surface area contributed by atoms with Crippen LogP contribution in [0.5, 0.6) is 0 Å². The minimum atomic E-state index is -0.744. The lowest BCUT2D eigenvalue weighted by Crippen LogP contribution is -2.50. The number of nitro groups is 1. The molecule has 4 aromatic carbocycles. The molecule has 6 rings (SSSR count). The number of nitrogens with two attached hydrogens (primary N) is 2. The summed E-state index contributed by atoms with van der Waals surface area (Å²) in [5.41, 5.74) is 14.4. The number of carbonyl (C=O) groups excluding carboxylic acids is 3. The van der Waals surface area contributed by atoms with Crippen LogP contribution in [0.3, 0.4) is 0 Å². The molecule has 0 radical (unpaired) electrons. The third-order valence-corrected chi connectivity index (χ3v) is 10.7. The molecule has 13 nitrogen and oxygen atoms in total. The predicted octanol–water partition coefficient (Wildman–Crippen LogP) is 6.62. The first kappa shape index (κ1) is 46.6. The molecular weight excluding hydrogens is 764 g/mol. The van der Waals surface area contributed by atoms with Crippen LogP contribution >= 0.6 is 12.4 Å². The average Bonchev–Trinajstić information content (AvgIpc) is 3.95. The standard InChI is InChI=1S/C22H26N2O3.C12H14O2.C10H12N2O4.ClH/c1-27-20(25)19(15-16-9-11-18(23)12-10-16)24-21(26)22(13-5-6-14-22)17-7-3-2-4-8-17;13-11(14)12(8-4-5-9-12)10-6-2-1-3-7-10;1-16-10(13)9(11)6-7-2-4-8(5-3-7)12(14)15;/h2-4,7-12,19H,5-6,13-15,23H2,1H3,(H,24,26);1-3,6-7H,4-5,8-9H2,(H,13,14);2-5,9H,6,11H2,1H3;1H/t;;9-;/m..0./s1. The molecule has 58 heavy (non-hydrogen) atoms. The molecule has 0 bridgehead atoms. The first-order chi connectivity index (χ1) is 27.3. The summed E-state index contributed by atoms with van der Waals surface area (Å²) in [5, 5.41) is 22.7. The fourth-order valence-corrected chi connectivity index (χ4v) is 7.51. The van der Waals surface area contributed by atoms with Crippen LogP contribution in [0.15, 0.2) is 109 Å². The van der Waals surface area contributed by atoms with E-state index in [1.165, 1.54) is 26.4 Å². The van der Waals surface area contributed by atoms with Gasteiger partial charge in [0.15, 0.2) is 0 Å². The maximum Gasteiger partial charge on any atom is 0.328 e. The average molecular weight is 817 g/mol. The SMILES string of the molecule is COC(=O)C(Cc1ccc(N)cc1)NC(=O)C1(c2ccccc2)CCCC1.COC(=O)[C@@H](N)Cc1ccc([N+](=O)[O-])cc1.Cl.O=C(O)C1(c2ccccc2)CCCC1. The number of aliphatic carboxylic acids is 1. The summed E-state index contributed by atoms with van der Waals surface area (Å²) in [4.78, 5) is 57.9. The van der Waals surface area contributed by atoms with Crippen molar-refractivity contribution in [1.29, 1.82) is 0 Å². The number of carboxylic acid groups (broad SMARTS) is 1. The van der Waals surface area contributed by atoms with E-state index in [1.54, 1.807) is 24.3 Å². The van der Waals surface area contributed by atoms with Crippen LogP contribution < -0.4 is 16.8 Å². The molecule has 2 aliphatic carbocycles. The first-order valence-electron chi connectivity index (χ1n) is 19.0. The number of amides is 1. The van der Waals surface area contributed by atoms with Crippen LogP contribution in [-0.2, 0) is 52.3 Å². The largest absolute Gasteiger partial charge is 0.481 e. The minimum Gasteiger partial charge on any atom is -0.481 e. The van der Waals surface area contributed by atoms with Crippen LogP contribution in [-0.4, -0.2) is 60.1 Å². The van der Waals surface area contributed by atoms with Gasteiger partial charge in [0.2, 0.25) is 5.91 Å². The summed E-state index contributed by atoms with van der Waals surface area (Å²) in [6.45, 7) is 0. The second-order valence-electron chi connectivity index (χ2n) is 14.4. The van der Waals surface area contributed by atoms with E-state index >= 15 is 0 Å². The van der Waals surface area contributed by atoms with Crippen molar-refractivity contribution in [3.8, 4) is 0 Å². The van der Waals surface area contributed by atoms with Crippen molar-refractivity contribution in [2.45, 2.75) is 87.1 Å². The van der Waals surface area contributed by atoms with Crippen molar-refractivity contribution in [3.63, 3.8) is 0 Å². The first-order valence-corrected chi connectivity index (χ1v) is 19.0. The number of anilines is 1. The second-order valence-corrected chi connectivity index (χ2v) is 14.4.